The molecule has 0 bridgehead atoms. The van der Waals surface area contributed by atoms with E-state index in [9.17, 15) is 22.8 Å². The van der Waals surface area contributed by atoms with Gasteiger partial charge in [0.2, 0.25) is 11.9 Å². The summed E-state index contributed by atoms with van der Waals surface area (Å²) < 4.78 is 40.6. The number of carbonyl (C=O) groups excluding carboxylic acids is 2. The number of amides is 2. The van der Waals surface area contributed by atoms with E-state index in [-0.39, 0.29) is 29.3 Å². The number of anilines is 2. The monoisotopic (exact) mass is 536 g/mol. The third-order valence-corrected chi connectivity index (χ3v) is 6.49. The topological polar surface area (TPSA) is 131 Å². The van der Waals surface area contributed by atoms with Crippen LogP contribution in [0.3, 0.4) is 0 Å². The number of nitrogens with one attached hydrogen (secondary N) is 1. The number of aromatic nitrogens is 5. The fourth-order valence-corrected chi connectivity index (χ4v) is 4.62. The predicted octanol–water partition coefficient (Wildman–Crippen LogP) is 3.93. The Morgan fingerprint density at radius 3 is 2.64 bits per heavy atom. The van der Waals surface area contributed by atoms with E-state index in [0.29, 0.717) is 24.5 Å². The number of nitrogens with two attached hydrogens (primary N) is 1. The lowest BCUT2D eigenvalue weighted by Gasteiger charge is -2.31. The molecule has 5 heterocycles. The van der Waals surface area contributed by atoms with Crippen molar-refractivity contribution in [1.29, 1.82) is 0 Å². The van der Waals surface area contributed by atoms with Crippen LogP contribution >= 0.6 is 0 Å². The Labute approximate surface area is 220 Å². The van der Waals surface area contributed by atoms with Crippen molar-refractivity contribution in [3.63, 3.8) is 0 Å². The molecule has 10 nitrogen and oxygen atoms in total. The van der Waals surface area contributed by atoms with Crippen LogP contribution in [0.15, 0.2) is 61.6 Å². The van der Waals surface area contributed by atoms with Crippen molar-refractivity contribution < 1.29 is 22.8 Å². The maximum atomic E-state index is 13.0. The minimum atomic E-state index is -4.57. The summed E-state index contributed by atoms with van der Waals surface area (Å²) in [6.07, 6.45) is 2.35. The number of piperidine rings is 1. The molecule has 1 saturated heterocycles. The van der Waals surface area contributed by atoms with Crippen molar-refractivity contribution in [1.82, 2.24) is 29.2 Å². The molecule has 2 amide bonds. The van der Waals surface area contributed by atoms with Gasteiger partial charge in [-0.3, -0.25) is 19.0 Å². The lowest BCUT2D eigenvalue weighted by Crippen LogP contribution is -2.38. The number of hydrogen-bond donors (Lipinski definition) is 2. The first-order valence-corrected chi connectivity index (χ1v) is 12.0. The van der Waals surface area contributed by atoms with Crippen LogP contribution in [-0.2, 0) is 11.0 Å². The smallest absolute Gasteiger partial charge is 0.369 e. The third kappa shape index (κ3) is 5.15. The van der Waals surface area contributed by atoms with Gasteiger partial charge >= 0.3 is 6.18 Å². The molecule has 0 aromatic carbocycles. The molecular formula is C26H23F3N8O2. The van der Waals surface area contributed by atoms with E-state index in [1.807, 2.05) is 0 Å². The maximum Gasteiger partial charge on any atom is 0.416 e. The number of nitrogen functional groups attached to an aromatic ring is 1. The summed E-state index contributed by atoms with van der Waals surface area (Å²) in [6, 6.07) is 6.40. The zero-order valence-electron chi connectivity index (χ0n) is 20.5. The molecular weight excluding hydrogens is 513 g/mol. The molecule has 4 aromatic rings. The standard InChI is InChI=1S/C26H23F3N8O2/c1-2-21(38)36-11-3-4-16(14-36)22-19-8-10-32-25(30)37(19)23(35-22)15-5-6-18(33-13-15)24(39)34-20-12-17(7-9-31-20)26(27,28)29/h2,5-10,12-13,16H,1,3-4,11,14H2,(H2,30,32)(H,31,34,39). The Morgan fingerprint density at radius 1 is 1.13 bits per heavy atom. The number of likely N-dealkylation sites (tertiary alicyclic amines) is 1. The Hall–Kier alpha value is -4.81. The molecule has 4 aromatic heterocycles. The summed E-state index contributed by atoms with van der Waals surface area (Å²) in [5.74, 6) is -0.489. The summed E-state index contributed by atoms with van der Waals surface area (Å²) in [7, 11) is 0. The number of carbonyl (C=O) groups is 2. The number of alkyl halides is 3. The number of pyridine rings is 2. The van der Waals surface area contributed by atoms with Crippen LogP contribution in [-0.4, -0.2) is 54.1 Å². The second-order valence-electron chi connectivity index (χ2n) is 8.99. The zero-order chi connectivity index (χ0) is 27.7. The minimum Gasteiger partial charge on any atom is -0.369 e. The van der Waals surface area contributed by atoms with Gasteiger partial charge in [-0.05, 0) is 49.2 Å². The van der Waals surface area contributed by atoms with Gasteiger partial charge in [-0.1, -0.05) is 6.58 Å². The van der Waals surface area contributed by atoms with Crippen molar-refractivity contribution in [2.45, 2.75) is 24.9 Å². The fraction of sp³-hybridized carbons (Fsp3) is 0.231. The number of fused-ring (bicyclic) bond motifs is 1. The molecule has 1 atom stereocenters. The molecule has 200 valence electrons. The van der Waals surface area contributed by atoms with Crippen LogP contribution in [0.2, 0.25) is 0 Å². The molecule has 0 saturated carbocycles. The summed E-state index contributed by atoms with van der Waals surface area (Å²) in [6.45, 7) is 4.71. The van der Waals surface area contributed by atoms with Gasteiger partial charge in [0.1, 0.15) is 17.3 Å². The van der Waals surface area contributed by atoms with Gasteiger partial charge in [0, 0.05) is 43.2 Å². The lowest BCUT2D eigenvalue weighted by molar-refractivity contribution is -0.137. The molecule has 1 aliphatic heterocycles. The van der Waals surface area contributed by atoms with Crippen molar-refractivity contribution in [2.75, 3.05) is 24.1 Å². The molecule has 1 aliphatic rings. The normalized spacial score (nSPS) is 15.8. The number of hydrogen-bond acceptors (Lipinski definition) is 7. The van der Waals surface area contributed by atoms with Gasteiger partial charge < -0.3 is 16.0 Å². The van der Waals surface area contributed by atoms with Crippen LogP contribution in [0.25, 0.3) is 16.9 Å². The first-order chi connectivity index (χ1) is 18.7. The number of nitrogens with zero attached hydrogens (tertiary/aromatic N) is 6. The van der Waals surface area contributed by atoms with Crippen molar-refractivity contribution in [3.8, 4) is 11.4 Å². The second kappa shape index (κ2) is 10.2. The number of rotatable bonds is 5. The van der Waals surface area contributed by atoms with Crippen molar-refractivity contribution in [2.24, 2.45) is 0 Å². The fourth-order valence-electron chi connectivity index (χ4n) is 4.62. The number of imidazole rings is 1. The van der Waals surface area contributed by atoms with Crippen LogP contribution in [0.4, 0.5) is 24.9 Å². The van der Waals surface area contributed by atoms with Gasteiger partial charge in [-0.2, -0.15) is 13.2 Å². The highest BCUT2D eigenvalue weighted by atomic mass is 19.4. The summed E-state index contributed by atoms with van der Waals surface area (Å²) in [5.41, 5.74) is 7.29. The van der Waals surface area contributed by atoms with Gasteiger partial charge in [-0.25, -0.2) is 15.0 Å². The van der Waals surface area contributed by atoms with E-state index in [4.69, 9.17) is 10.7 Å². The Morgan fingerprint density at radius 2 is 1.92 bits per heavy atom. The molecule has 39 heavy (non-hydrogen) atoms. The molecule has 5 rings (SSSR count). The number of halogens is 3. The molecule has 0 aliphatic carbocycles. The average Bonchev–Trinajstić information content (AvgIpc) is 3.33. The molecule has 3 N–H and O–H groups in total. The van der Waals surface area contributed by atoms with Crippen LogP contribution in [0.5, 0.6) is 0 Å². The van der Waals surface area contributed by atoms with E-state index in [2.05, 4.69) is 26.8 Å². The van der Waals surface area contributed by atoms with Crippen molar-refractivity contribution in [3.05, 3.63) is 78.5 Å². The molecule has 1 fully saturated rings. The molecule has 1 unspecified atom stereocenters. The molecule has 0 radical (unpaired) electrons. The van der Waals surface area contributed by atoms with Gasteiger partial charge in [0.25, 0.3) is 5.91 Å². The van der Waals surface area contributed by atoms with Crippen molar-refractivity contribution >= 4 is 29.1 Å². The minimum absolute atomic E-state index is 0.0315. The molecule has 13 heteroatoms. The summed E-state index contributed by atoms with van der Waals surface area (Å²) >= 11 is 0. The highest BCUT2D eigenvalue weighted by Crippen LogP contribution is 2.34. The predicted molar refractivity (Wildman–Crippen MR) is 137 cm³/mol. The highest BCUT2D eigenvalue weighted by Gasteiger charge is 2.31. The quantitative estimate of drug-likeness (QED) is 0.370. The van der Waals surface area contributed by atoms with Gasteiger partial charge in [0.05, 0.1) is 16.8 Å². The first kappa shape index (κ1) is 25.8. The Bertz CT molecular complexity index is 1570. The Balaban J connectivity index is 1.43. The van der Waals surface area contributed by atoms with E-state index in [0.717, 1.165) is 42.4 Å². The largest absolute Gasteiger partial charge is 0.416 e. The first-order valence-electron chi connectivity index (χ1n) is 12.0. The Kier molecular flexibility index (Phi) is 6.73. The summed E-state index contributed by atoms with van der Waals surface area (Å²) in [5, 5.41) is 2.33. The summed E-state index contributed by atoms with van der Waals surface area (Å²) in [4.78, 5) is 43.6. The third-order valence-electron chi connectivity index (χ3n) is 6.49. The SMILES string of the molecule is C=CC(=O)N1CCCC(c2nc(-c3ccc(C(=O)Nc4cc(C(F)(F)F)ccn4)nc3)n3c(N)nccc23)C1. The second-order valence-corrected chi connectivity index (χ2v) is 8.99. The van der Waals surface area contributed by atoms with Gasteiger partial charge in [0.15, 0.2) is 0 Å². The average molecular weight is 537 g/mol. The van der Waals surface area contributed by atoms with E-state index >= 15 is 0 Å². The molecule has 0 spiro atoms. The lowest BCUT2D eigenvalue weighted by atomic mass is 9.94. The van der Waals surface area contributed by atoms with E-state index in [1.165, 1.54) is 18.3 Å². The van der Waals surface area contributed by atoms with Crippen LogP contribution in [0, 0.1) is 0 Å². The van der Waals surface area contributed by atoms with E-state index in [1.54, 1.807) is 27.6 Å². The maximum absolute atomic E-state index is 13.0. The van der Waals surface area contributed by atoms with Crippen LogP contribution in [0.1, 0.15) is 40.5 Å². The zero-order valence-corrected chi connectivity index (χ0v) is 20.5. The van der Waals surface area contributed by atoms with E-state index < -0.39 is 17.6 Å². The van der Waals surface area contributed by atoms with Gasteiger partial charge in [-0.15, -0.1) is 0 Å². The highest BCUT2D eigenvalue weighted by molar-refractivity contribution is 6.02. The van der Waals surface area contributed by atoms with Crippen LogP contribution < -0.4 is 11.1 Å².